The summed E-state index contributed by atoms with van der Waals surface area (Å²) in [6, 6.07) is 3.85. The fourth-order valence-corrected chi connectivity index (χ4v) is 3.36. The minimum atomic E-state index is -1.13. The first-order chi connectivity index (χ1) is 12.5. The van der Waals surface area contributed by atoms with Crippen molar-refractivity contribution in [3.8, 4) is 0 Å². The average Bonchev–Trinajstić information content (AvgIpc) is 2.58. The van der Waals surface area contributed by atoms with Crippen LogP contribution in [-0.2, 0) is 20.7 Å². The van der Waals surface area contributed by atoms with Crippen LogP contribution in [-0.4, -0.2) is 34.9 Å². The predicted octanol–water partition coefficient (Wildman–Crippen LogP) is 3.44. The van der Waals surface area contributed by atoms with Crippen molar-refractivity contribution >= 4 is 23.6 Å². The number of aliphatic hydroxyl groups is 1. The van der Waals surface area contributed by atoms with Crippen molar-refractivity contribution < 1.29 is 24.2 Å². The smallest absolute Gasteiger partial charge is 0.302 e. The second-order valence-electron chi connectivity index (χ2n) is 7.87. The molecule has 2 rings (SSSR count). The molecule has 1 aromatic carbocycles. The fraction of sp³-hybridized carbons (Fsp3) is 0.500. The lowest BCUT2D eigenvalue weighted by atomic mass is 9.80. The molecule has 1 N–H and O–H groups in total. The summed E-state index contributed by atoms with van der Waals surface area (Å²) in [5.41, 5.74) is 2.51. The highest BCUT2D eigenvalue weighted by Crippen LogP contribution is 2.31. The zero-order chi connectivity index (χ0) is 20.4. The molecule has 5 heteroatoms. The van der Waals surface area contributed by atoms with Crippen LogP contribution in [0.3, 0.4) is 0 Å². The summed E-state index contributed by atoms with van der Waals surface area (Å²) in [5.74, 6) is -1.30. The van der Waals surface area contributed by atoms with Crippen molar-refractivity contribution in [1.29, 1.82) is 0 Å². The summed E-state index contributed by atoms with van der Waals surface area (Å²) in [6.07, 6.45) is 3.41. The molecule has 146 valence electrons. The number of fused-ring (bicyclic) bond motifs is 1. The van der Waals surface area contributed by atoms with Crippen molar-refractivity contribution in [2.24, 2.45) is 5.92 Å². The molecule has 1 aromatic rings. The van der Waals surface area contributed by atoms with E-state index in [0.717, 1.165) is 16.7 Å². The molecule has 27 heavy (non-hydrogen) atoms. The van der Waals surface area contributed by atoms with Gasteiger partial charge in [0.05, 0.1) is 5.60 Å². The minimum Gasteiger partial charge on any atom is -0.463 e. The van der Waals surface area contributed by atoms with Crippen molar-refractivity contribution in [3.63, 3.8) is 0 Å². The maximum atomic E-state index is 12.7. The maximum Gasteiger partial charge on any atom is 0.302 e. The Balaban J connectivity index is 2.23. The van der Waals surface area contributed by atoms with E-state index in [1.165, 1.54) is 6.92 Å². The molecule has 0 saturated heterocycles. The number of ether oxygens (including phenoxy) is 1. The van der Waals surface area contributed by atoms with Gasteiger partial charge in [0.25, 0.3) is 0 Å². The summed E-state index contributed by atoms with van der Waals surface area (Å²) < 4.78 is 4.89. The largest absolute Gasteiger partial charge is 0.463 e. The molecule has 0 aromatic heterocycles. The first-order valence-corrected chi connectivity index (χ1v) is 9.32. The van der Waals surface area contributed by atoms with Gasteiger partial charge in [-0.3, -0.25) is 14.4 Å². The molecule has 0 aliphatic heterocycles. The fourth-order valence-electron chi connectivity index (χ4n) is 3.36. The third-order valence-electron chi connectivity index (χ3n) is 4.94. The molecule has 1 aliphatic carbocycles. The average molecular weight is 372 g/mol. The zero-order valence-corrected chi connectivity index (χ0v) is 16.7. The molecule has 0 spiro atoms. The third kappa shape index (κ3) is 4.92. The molecular weight excluding hydrogens is 344 g/mol. The Bertz CT molecular complexity index is 799. The second kappa shape index (κ2) is 8.17. The standard InChI is InChI=1S/C22H28O5/c1-13(2)18-11-16-9-8-14(3)17(19(16)21(25)20(18)24)7-6-10-22(5,26)12-27-15(4)23/h8-9,11,13,26H,6-7,10,12H2,1-5H3. The Labute approximate surface area is 160 Å². The number of esters is 1. The molecule has 5 nitrogen and oxygen atoms in total. The topological polar surface area (TPSA) is 80.7 Å². The van der Waals surface area contributed by atoms with Gasteiger partial charge in [0, 0.05) is 18.1 Å². The van der Waals surface area contributed by atoms with Crippen molar-refractivity contribution in [1.82, 2.24) is 0 Å². The summed E-state index contributed by atoms with van der Waals surface area (Å²) >= 11 is 0. The normalized spacial score (nSPS) is 16.0. The predicted molar refractivity (Wildman–Crippen MR) is 104 cm³/mol. The third-order valence-corrected chi connectivity index (χ3v) is 4.94. The van der Waals surface area contributed by atoms with Crippen molar-refractivity contribution in [2.75, 3.05) is 6.61 Å². The Hall–Kier alpha value is -2.27. The van der Waals surface area contributed by atoms with Crippen LogP contribution in [0, 0.1) is 12.8 Å². The van der Waals surface area contributed by atoms with E-state index in [1.807, 2.05) is 39.0 Å². The summed E-state index contributed by atoms with van der Waals surface area (Å²) in [5, 5.41) is 10.3. The first-order valence-electron chi connectivity index (χ1n) is 9.32. The van der Waals surface area contributed by atoms with E-state index in [4.69, 9.17) is 4.74 Å². The van der Waals surface area contributed by atoms with Crippen LogP contribution in [0.4, 0.5) is 0 Å². The number of ketones is 2. The van der Waals surface area contributed by atoms with Gasteiger partial charge in [-0.05, 0) is 61.8 Å². The first kappa shape index (κ1) is 21.0. The number of aryl methyl sites for hydroxylation is 1. The zero-order valence-electron chi connectivity index (χ0n) is 16.7. The van der Waals surface area contributed by atoms with Crippen LogP contribution in [0.1, 0.15) is 67.6 Å². The van der Waals surface area contributed by atoms with Crippen LogP contribution in [0.25, 0.3) is 6.08 Å². The Morgan fingerprint density at radius 1 is 1.22 bits per heavy atom. The van der Waals surface area contributed by atoms with Crippen LogP contribution in [0.5, 0.6) is 0 Å². The molecule has 0 heterocycles. The lowest BCUT2D eigenvalue weighted by Gasteiger charge is -2.24. The van der Waals surface area contributed by atoms with E-state index in [9.17, 15) is 19.5 Å². The lowest BCUT2D eigenvalue weighted by Crippen LogP contribution is -2.31. The van der Waals surface area contributed by atoms with E-state index < -0.39 is 23.1 Å². The number of carbonyl (C=O) groups excluding carboxylic acids is 3. The highest BCUT2D eigenvalue weighted by Gasteiger charge is 2.31. The molecular formula is C22H28O5. The van der Waals surface area contributed by atoms with E-state index in [0.29, 0.717) is 30.4 Å². The van der Waals surface area contributed by atoms with Gasteiger partial charge in [-0.2, -0.15) is 0 Å². The van der Waals surface area contributed by atoms with Gasteiger partial charge in [0.2, 0.25) is 11.6 Å². The molecule has 0 fully saturated rings. The second-order valence-corrected chi connectivity index (χ2v) is 7.87. The quantitative estimate of drug-likeness (QED) is 0.586. The number of benzene rings is 1. The molecule has 0 radical (unpaired) electrons. The van der Waals surface area contributed by atoms with Gasteiger partial charge in [-0.25, -0.2) is 0 Å². The lowest BCUT2D eigenvalue weighted by molar-refractivity contribution is -0.148. The van der Waals surface area contributed by atoms with E-state index in [-0.39, 0.29) is 12.5 Å². The van der Waals surface area contributed by atoms with Gasteiger partial charge in [0.1, 0.15) is 6.61 Å². The van der Waals surface area contributed by atoms with Gasteiger partial charge in [-0.1, -0.05) is 26.0 Å². The van der Waals surface area contributed by atoms with E-state index in [1.54, 1.807) is 6.92 Å². The highest BCUT2D eigenvalue weighted by molar-refractivity contribution is 6.52. The van der Waals surface area contributed by atoms with Crippen LogP contribution >= 0.6 is 0 Å². The van der Waals surface area contributed by atoms with Crippen LogP contribution < -0.4 is 0 Å². The maximum absolute atomic E-state index is 12.7. The summed E-state index contributed by atoms with van der Waals surface area (Å²) in [4.78, 5) is 36.1. The van der Waals surface area contributed by atoms with E-state index in [2.05, 4.69) is 0 Å². The number of hydrogen-bond acceptors (Lipinski definition) is 5. The summed E-state index contributed by atoms with van der Waals surface area (Å²) in [7, 11) is 0. The number of carbonyl (C=O) groups is 3. The Kier molecular flexibility index (Phi) is 6.37. The molecule has 1 aliphatic rings. The number of rotatable bonds is 7. The van der Waals surface area contributed by atoms with E-state index >= 15 is 0 Å². The molecule has 0 saturated carbocycles. The molecule has 0 amide bonds. The highest BCUT2D eigenvalue weighted by atomic mass is 16.5. The Morgan fingerprint density at radius 3 is 2.48 bits per heavy atom. The SMILES string of the molecule is CC(=O)OCC(C)(O)CCCc1c(C)ccc2c1C(=O)C(=O)C(C(C)C)=C2. The van der Waals surface area contributed by atoms with Gasteiger partial charge < -0.3 is 9.84 Å². The monoisotopic (exact) mass is 372 g/mol. The summed E-state index contributed by atoms with van der Waals surface area (Å²) in [6.45, 7) is 8.59. The Morgan fingerprint density at radius 2 is 1.89 bits per heavy atom. The van der Waals surface area contributed by atoms with Gasteiger partial charge >= 0.3 is 5.97 Å². The number of Topliss-reactive ketones (excluding diaryl/α,β-unsaturated/α-hetero) is 2. The van der Waals surface area contributed by atoms with Crippen molar-refractivity contribution in [2.45, 2.75) is 59.5 Å². The van der Waals surface area contributed by atoms with Gasteiger partial charge in [0.15, 0.2) is 0 Å². The minimum absolute atomic E-state index is 0.00396. The number of hydrogen-bond donors (Lipinski definition) is 1. The molecule has 1 unspecified atom stereocenters. The van der Waals surface area contributed by atoms with Gasteiger partial charge in [-0.15, -0.1) is 0 Å². The molecule has 0 bridgehead atoms. The van der Waals surface area contributed by atoms with Crippen LogP contribution in [0.15, 0.2) is 17.7 Å². The molecule has 1 atom stereocenters. The van der Waals surface area contributed by atoms with Crippen LogP contribution in [0.2, 0.25) is 0 Å². The number of allylic oxidation sites excluding steroid dienone is 1. The van der Waals surface area contributed by atoms with Crippen molar-refractivity contribution in [3.05, 3.63) is 40.0 Å².